The maximum Gasteiger partial charge on any atom is 0.160 e. The second-order valence-corrected chi connectivity index (χ2v) is 6.05. The van der Waals surface area contributed by atoms with Crippen LogP contribution in [0, 0.1) is 10.1 Å². The first-order chi connectivity index (χ1) is 8.44. The predicted octanol–water partition coefficient (Wildman–Crippen LogP) is 1.11. The largest absolute Gasteiger partial charge is 0.235 e. The Hall–Kier alpha value is -1.63. The van der Waals surface area contributed by atoms with Crippen molar-refractivity contribution in [2.75, 3.05) is 18.8 Å². The zero-order chi connectivity index (χ0) is 13.6. The molecule has 100 valence electrons. The fourth-order valence-electron chi connectivity index (χ4n) is 1.50. The Morgan fingerprint density at radius 3 is 2.39 bits per heavy atom. The Morgan fingerprint density at radius 1 is 1.28 bits per heavy atom. The van der Waals surface area contributed by atoms with Gasteiger partial charge in [-0.05, 0) is 12.5 Å². The Labute approximate surface area is 106 Å². The Morgan fingerprint density at radius 2 is 1.89 bits per heavy atom. The third kappa shape index (κ3) is 4.70. The van der Waals surface area contributed by atoms with Gasteiger partial charge in [0.1, 0.15) is 0 Å². The Bertz CT molecular complexity index is 487. The summed E-state index contributed by atoms with van der Waals surface area (Å²) in [6, 6.07) is 8.79. The van der Waals surface area contributed by atoms with Crippen LogP contribution in [0.1, 0.15) is 12.5 Å². The molecular weight excluding hydrogens is 256 g/mol. The highest BCUT2D eigenvalue weighted by Crippen LogP contribution is 2.06. The number of sulfone groups is 1. The second-order valence-electron chi connectivity index (χ2n) is 3.86. The van der Waals surface area contributed by atoms with Crippen molar-refractivity contribution in [3.8, 4) is 0 Å². The van der Waals surface area contributed by atoms with Crippen LogP contribution in [-0.2, 0) is 15.6 Å². The van der Waals surface area contributed by atoms with Gasteiger partial charge in [-0.1, -0.05) is 30.3 Å². The lowest BCUT2D eigenvalue weighted by atomic mass is 10.2. The van der Waals surface area contributed by atoms with Gasteiger partial charge in [0.15, 0.2) is 14.9 Å². The van der Waals surface area contributed by atoms with Gasteiger partial charge in [0.2, 0.25) is 0 Å². The van der Waals surface area contributed by atoms with E-state index >= 15 is 0 Å². The molecule has 0 aliphatic carbocycles. The molecule has 0 aliphatic rings. The van der Waals surface area contributed by atoms with Gasteiger partial charge in [-0.2, -0.15) is 0 Å². The first-order valence-electron chi connectivity index (χ1n) is 5.58. The standard InChI is InChI=1S/C11H16N2O4S/c1-2-12(13(14)15)8-9-18(16,17)10-11-6-4-3-5-7-11/h3-7H,2,8-10H2,1H3. The number of rotatable bonds is 7. The highest BCUT2D eigenvalue weighted by Gasteiger charge is 2.18. The molecule has 0 unspecified atom stereocenters. The number of hydrogen-bond acceptors (Lipinski definition) is 4. The smallest absolute Gasteiger partial charge is 0.160 e. The molecule has 0 N–H and O–H groups in total. The Balaban J connectivity index is 2.58. The van der Waals surface area contributed by atoms with Gasteiger partial charge < -0.3 is 0 Å². The molecule has 0 saturated heterocycles. The molecule has 6 nitrogen and oxygen atoms in total. The van der Waals surface area contributed by atoms with Crippen molar-refractivity contribution in [2.45, 2.75) is 12.7 Å². The van der Waals surface area contributed by atoms with Crippen molar-refractivity contribution < 1.29 is 13.5 Å². The number of nitrogens with zero attached hydrogens (tertiary/aromatic N) is 2. The summed E-state index contributed by atoms with van der Waals surface area (Å²) >= 11 is 0. The topological polar surface area (TPSA) is 80.5 Å². The van der Waals surface area contributed by atoms with E-state index in [1.165, 1.54) is 0 Å². The van der Waals surface area contributed by atoms with Crippen molar-refractivity contribution in [1.29, 1.82) is 0 Å². The van der Waals surface area contributed by atoms with Gasteiger partial charge in [0, 0.05) is 0 Å². The Kier molecular flexibility index (Phi) is 5.08. The van der Waals surface area contributed by atoms with E-state index in [9.17, 15) is 18.5 Å². The second kappa shape index (κ2) is 6.34. The highest BCUT2D eigenvalue weighted by molar-refractivity contribution is 7.90. The van der Waals surface area contributed by atoms with E-state index < -0.39 is 14.9 Å². The predicted molar refractivity (Wildman–Crippen MR) is 68.2 cm³/mol. The minimum absolute atomic E-state index is 0.0802. The maximum atomic E-state index is 11.8. The van der Waals surface area contributed by atoms with Crippen molar-refractivity contribution in [1.82, 2.24) is 5.01 Å². The van der Waals surface area contributed by atoms with Crippen LogP contribution >= 0.6 is 0 Å². The first kappa shape index (κ1) is 14.4. The zero-order valence-corrected chi connectivity index (χ0v) is 11.0. The van der Waals surface area contributed by atoms with Crippen LogP contribution in [0.2, 0.25) is 0 Å². The lowest BCUT2D eigenvalue weighted by molar-refractivity contribution is -0.653. The van der Waals surface area contributed by atoms with Crippen molar-refractivity contribution in [3.63, 3.8) is 0 Å². The molecule has 7 heteroatoms. The van der Waals surface area contributed by atoms with E-state index in [1.54, 1.807) is 31.2 Å². The lowest BCUT2D eigenvalue weighted by Gasteiger charge is -2.11. The van der Waals surface area contributed by atoms with E-state index in [-0.39, 0.29) is 24.6 Å². The van der Waals surface area contributed by atoms with Crippen LogP contribution in [0.3, 0.4) is 0 Å². The van der Waals surface area contributed by atoms with Crippen LogP contribution in [-0.4, -0.2) is 37.3 Å². The SMILES string of the molecule is CCN(CCS(=O)(=O)Cc1ccccc1)[N+](=O)[O-]. The summed E-state index contributed by atoms with van der Waals surface area (Å²) in [5.74, 6) is -0.292. The van der Waals surface area contributed by atoms with Crippen LogP contribution in [0.5, 0.6) is 0 Å². The molecule has 0 heterocycles. The average Bonchev–Trinajstić information content (AvgIpc) is 2.29. The monoisotopic (exact) mass is 272 g/mol. The number of benzene rings is 1. The summed E-state index contributed by atoms with van der Waals surface area (Å²) in [6.45, 7) is 1.72. The normalized spacial score (nSPS) is 11.2. The van der Waals surface area contributed by atoms with Crippen LogP contribution in [0.25, 0.3) is 0 Å². The van der Waals surface area contributed by atoms with Gasteiger partial charge in [-0.15, -0.1) is 5.01 Å². The molecule has 0 aromatic heterocycles. The molecule has 0 saturated carbocycles. The molecule has 0 bridgehead atoms. The maximum absolute atomic E-state index is 11.8. The van der Waals surface area contributed by atoms with Crippen LogP contribution in [0.15, 0.2) is 30.3 Å². The zero-order valence-electron chi connectivity index (χ0n) is 10.2. The van der Waals surface area contributed by atoms with E-state index in [0.717, 1.165) is 5.01 Å². The summed E-state index contributed by atoms with van der Waals surface area (Å²) < 4.78 is 23.6. The summed E-state index contributed by atoms with van der Waals surface area (Å²) in [5, 5.41) is 10.9. The van der Waals surface area contributed by atoms with Gasteiger partial charge in [0.25, 0.3) is 0 Å². The van der Waals surface area contributed by atoms with Gasteiger partial charge >= 0.3 is 0 Å². The molecule has 18 heavy (non-hydrogen) atoms. The van der Waals surface area contributed by atoms with Gasteiger partial charge in [0.05, 0.1) is 24.6 Å². The highest BCUT2D eigenvalue weighted by atomic mass is 32.2. The molecule has 1 aromatic rings. The lowest BCUT2D eigenvalue weighted by Crippen LogP contribution is -2.34. The molecule has 0 fully saturated rings. The summed E-state index contributed by atoms with van der Waals surface area (Å²) in [4.78, 5) is 10.5. The fourth-order valence-corrected chi connectivity index (χ4v) is 2.83. The summed E-state index contributed by atoms with van der Waals surface area (Å²) in [7, 11) is -3.32. The van der Waals surface area contributed by atoms with Crippen molar-refractivity contribution in [2.24, 2.45) is 0 Å². The molecule has 1 aromatic carbocycles. The van der Waals surface area contributed by atoms with E-state index in [2.05, 4.69) is 0 Å². The molecule has 0 atom stereocenters. The van der Waals surface area contributed by atoms with E-state index in [4.69, 9.17) is 0 Å². The molecule has 0 aliphatic heterocycles. The third-order valence-corrected chi connectivity index (χ3v) is 4.06. The first-order valence-corrected chi connectivity index (χ1v) is 7.40. The van der Waals surface area contributed by atoms with Crippen molar-refractivity contribution in [3.05, 3.63) is 46.0 Å². The summed E-state index contributed by atoms with van der Waals surface area (Å²) in [6.07, 6.45) is 0. The molecule has 0 amide bonds. The summed E-state index contributed by atoms with van der Waals surface area (Å²) in [5.41, 5.74) is 0.696. The number of nitro groups is 1. The van der Waals surface area contributed by atoms with Gasteiger partial charge in [-0.25, -0.2) is 18.5 Å². The molecule has 1 rings (SSSR count). The minimum atomic E-state index is -3.32. The molecular formula is C11H16N2O4S. The van der Waals surface area contributed by atoms with Gasteiger partial charge in [-0.3, -0.25) is 0 Å². The van der Waals surface area contributed by atoms with Crippen LogP contribution < -0.4 is 0 Å². The number of hydrogen-bond donors (Lipinski definition) is 0. The molecule has 0 spiro atoms. The average molecular weight is 272 g/mol. The van der Waals surface area contributed by atoms with E-state index in [1.807, 2.05) is 6.07 Å². The van der Waals surface area contributed by atoms with E-state index in [0.29, 0.717) is 5.56 Å². The molecule has 0 radical (unpaired) electrons. The van der Waals surface area contributed by atoms with Crippen molar-refractivity contribution >= 4 is 9.84 Å². The third-order valence-electron chi connectivity index (χ3n) is 2.49. The van der Waals surface area contributed by atoms with Crippen LogP contribution in [0.4, 0.5) is 0 Å². The minimum Gasteiger partial charge on any atom is -0.235 e. The fraction of sp³-hybridized carbons (Fsp3) is 0.455. The quantitative estimate of drug-likeness (QED) is 0.548. The number of hydrazine groups is 1.